The van der Waals surface area contributed by atoms with Crippen LogP contribution in [0.5, 0.6) is 0 Å². The quantitative estimate of drug-likeness (QED) is 0.215. The topological polar surface area (TPSA) is 0 Å². The van der Waals surface area contributed by atoms with E-state index >= 15 is 0 Å². The summed E-state index contributed by atoms with van der Waals surface area (Å²) in [5.41, 5.74) is 2.38. The van der Waals surface area contributed by atoms with Gasteiger partial charge >= 0.3 is 0 Å². The number of allylic oxidation sites excluding steroid dienone is 4. The van der Waals surface area contributed by atoms with E-state index in [4.69, 9.17) is 0 Å². The maximum absolute atomic E-state index is 3.03. The van der Waals surface area contributed by atoms with Crippen molar-refractivity contribution in [3.63, 3.8) is 0 Å². The van der Waals surface area contributed by atoms with Crippen molar-refractivity contribution in [2.45, 2.75) is 27.7 Å². The molecule has 0 atom stereocenters. The molecule has 0 heterocycles. The van der Waals surface area contributed by atoms with E-state index in [9.17, 15) is 0 Å². The molecular weight excluding hydrogens is 404 g/mol. The van der Waals surface area contributed by atoms with Crippen molar-refractivity contribution in [3.05, 3.63) is 108 Å². The largest absolute Gasteiger partial charge is 0.642 e. The molecular formula is C26H26Zr-8. The summed E-state index contributed by atoms with van der Waals surface area (Å²) in [7, 11) is 0. The molecule has 0 N–H and O–H groups in total. The van der Waals surface area contributed by atoms with Crippen molar-refractivity contribution >= 4 is 21.5 Å². The Labute approximate surface area is 183 Å². The summed E-state index contributed by atoms with van der Waals surface area (Å²) in [6.07, 6.45) is 6.07. The third-order valence-electron chi connectivity index (χ3n) is 4.41. The summed E-state index contributed by atoms with van der Waals surface area (Å²) in [4.78, 5) is 0. The van der Waals surface area contributed by atoms with Crippen molar-refractivity contribution in [1.82, 2.24) is 0 Å². The molecule has 0 nitrogen and oxygen atoms in total. The molecule has 0 radical (unpaired) electrons. The summed E-state index contributed by atoms with van der Waals surface area (Å²) in [5, 5.41) is 5.32. The molecule has 1 heteroatoms. The van der Waals surface area contributed by atoms with Gasteiger partial charge in [-0.2, -0.15) is 12.1 Å². The van der Waals surface area contributed by atoms with E-state index in [1.54, 1.807) is 0 Å². The number of hydrogen-bond acceptors (Lipinski definition) is 0. The van der Waals surface area contributed by atoms with Gasteiger partial charge in [0.2, 0.25) is 0 Å². The van der Waals surface area contributed by atoms with E-state index in [0.717, 1.165) is 0 Å². The predicted molar refractivity (Wildman–Crippen MR) is 115 cm³/mol. The van der Waals surface area contributed by atoms with E-state index < -0.39 is 0 Å². The van der Waals surface area contributed by atoms with E-state index in [1.807, 2.05) is 27.7 Å². The molecule has 0 unspecified atom stereocenters. The second kappa shape index (κ2) is 12.4. The van der Waals surface area contributed by atoms with E-state index in [-0.39, 0.29) is 26.2 Å². The van der Waals surface area contributed by atoms with Gasteiger partial charge in [0.05, 0.1) is 0 Å². The first-order chi connectivity index (χ1) is 12.7. The van der Waals surface area contributed by atoms with Crippen LogP contribution in [0.1, 0.15) is 27.7 Å². The molecule has 4 rings (SSSR count). The van der Waals surface area contributed by atoms with Crippen LogP contribution in [-0.2, 0) is 26.2 Å². The molecule has 4 aromatic carbocycles. The molecule has 142 valence electrons. The zero-order valence-electron chi connectivity index (χ0n) is 16.6. The Morgan fingerprint density at radius 3 is 1.74 bits per heavy atom. The van der Waals surface area contributed by atoms with Crippen LogP contribution in [0.2, 0.25) is 0 Å². The summed E-state index contributed by atoms with van der Waals surface area (Å²) in [6, 6.07) is 29.3. The van der Waals surface area contributed by atoms with E-state index in [0.29, 0.717) is 0 Å². The third kappa shape index (κ3) is 7.27. The van der Waals surface area contributed by atoms with Crippen LogP contribution < -0.4 is 0 Å². The summed E-state index contributed by atoms with van der Waals surface area (Å²) in [5.74, 6) is 0. The minimum atomic E-state index is 0. The average molecular weight is 430 g/mol. The predicted octanol–water partition coefficient (Wildman–Crippen LogP) is 7.64. The fraction of sp³-hybridized carbons (Fsp3) is 0.154. The number of hydrogen-bond donors (Lipinski definition) is 0. The molecule has 0 fully saturated rings. The Hall–Kier alpha value is -1.98. The number of benzene rings is 2. The Morgan fingerprint density at radius 2 is 1.22 bits per heavy atom. The zero-order chi connectivity index (χ0) is 18.8. The normalized spacial score (nSPS) is 11.1. The van der Waals surface area contributed by atoms with Gasteiger partial charge in [-0.1, -0.05) is 5.39 Å². The molecule has 0 aliphatic heterocycles. The van der Waals surface area contributed by atoms with Crippen LogP contribution >= 0.6 is 0 Å². The molecule has 0 spiro atoms. The van der Waals surface area contributed by atoms with Gasteiger partial charge < -0.3 is 76.5 Å². The summed E-state index contributed by atoms with van der Waals surface area (Å²) in [6.45, 7) is 7.89. The van der Waals surface area contributed by atoms with Crippen molar-refractivity contribution in [1.29, 1.82) is 0 Å². The number of rotatable bonds is 1. The molecule has 0 bridgehead atoms. The fourth-order valence-corrected chi connectivity index (χ4v) is 2.51. The minimum Gasteiger partial charge on any atom is -0.642 e. The van der Waals surface area contributed by atoms with Gasteiger partial charge in [0.1, 0.15) is 0 Å². The SMILES string of the molecule is C[C-]=C(C)C(C)=[C-]C.[Zr].c1cc[c-]2[cH-][cH-][cH-][c-]2c1.c1cc[c-]2cccc2c1. The Kier molecular flexibility index (Phi) is 10.6. The zero-order valence-corrected chi connectivity index (χ0v) is 19.0. The summed E-state index contributed by atoms with van der Waals surface area (Å²) >= 11 is 0. The van der Waals surface area contributed by atoms with Crippen molar-refractivity contribution in [3.8, 4) is 0 Å². The second-order valence-corrected chi connectivity index (χ2v) is 6.06. The minimum absolute atomic E-state index is 0. The van der Waals surface area contributed by atoms with Crippen LogP contribution in [0, 0.1) is 12.2 Å². The first-order valence-corrected chi connectivity index (χ1v) is 8.89. The Bertz CT molecular complexity index is 837. The molecule has 0 saturated carbocycles. The van der Waals surface area contributed by atoms with Crippen molar-refractivity contribution in [2.75, 3.05) is 0 Å². The Morgan fingerprint density at radius 1 is 0.741 bits per heavy atom. The first-order valence-electron chi connectivity index (χ1n) is 8.89. The maximum Gasteiger partial charge on any atom is 0 e. The van der Waals surface area contributed by atoms with Crippen molar-refractivity contribution < 1.29 is 26.2 Å². The molecule has 0 aliphatic rings. The van der Waals surface area contributed by atoms with Crippen LogP contribution in [0.25, 0.3) is 21.5 Å². The third-order valence-corrected chi connectivity index (χ3v) is 4.41. The summed E-state index contributed by atoms with van der Waals surface area (Å²) < 4.78 is 0. The number of fused-ring (bicyclic) bond motifs is 2. The van der Waals surface area contributed by atoms with Crippen LogP contribution in [-0.4, -0.2) is 0 Å². The van der Waals surface area contributed by atoms with Gasteiger partial charge in [-0.3, -0.25) is 0 Å². The molecule has 0 aliphatic carbocycles. The van der Waals surface area contributed by atoms with E-state index in [2.05, 4.69) is 97.1 Å². The van der Waals surface area contributed by atoms with Gasteiger partial charge in [-0.05, 0) is 0 Å². The van der Waals surface area contributed by atoms with Crippen molar-refractivity contribution in [2.24, 2.45) is 0 Å². The first kappa shape index (κ1) is 23.1. The fourth-order valence-electron chi connectivity index (χ4n) is 2.51. The van der Waals surface area contributed by atoms with Gasteiger partial charge in [0.15, 0.2) is 0 Å². The second-order valence-electron chi connectivity index (χ2n) is 6.06. The van der Waals surface area contributed by atoms with Gasteiger partial charge in [-0.25, -0.2) is 0 Å². The van der Waals surface area contributed by atoms with Crippen LogP contribution in [0.15, 0.2) is 96.1 Å². The molecule has 4 aromatic rings. The van der Waals surface area contributed by atoms with Gasteiger partial charge in [0.25, 0.3) is 0 Å². The monoisotopic (exact) mass is 428 g/mol. The Balaban J connectivity index is 0.000000200. The van der Waals surface area contributed by atoms with Gasteiger partial charge in [-0.15, -0.1) is 63.4 Å². The average Bonchev–Trinajstić information content (AvgIpc) is 3.36. The maximum atomic E-state index is 3.03. The van der Waals surface area contributed by atoms with Gasteiger partial charge in [0, 0.05) is 26.2 Å². The van der Waals surface area contributed by atoms with Crippen LogP contribution in [0.3, 0.4) is 0 Å². The van der Waals surface area contributed by atoms with Crippen LogP contribution in [0.4, 0.5) is 0 Å². The molecule has 0 saturated heterocycles. The van der Waals surface area contributed by atoms with E-state index in [1.165, 1.54) is 32.7 Å². The molecule has 0 aromatic heterocycles. The molecule has 27 heavy (non-hydrogen) atoms. The smallest absolute Gasteiger partial charge is 0 e. The molecule has 0 amide bonds. The standard InChI is InChI=1S/2C9H7.C8H12.Zr/c2*1-2-5-9-7-3-6-8(9)4-1;1-5-7(3)8(4)6-2;/h2*1-7H;1-4H3;/q-5;-1;-2;.